The Labute approximate surface area is 286 Å². The topological polar surface area (TPSA) is 44.8 Å². The number of carbonyl (C=O) groups excluding carboxylic acids is 1. The number of carbonyl (C=O) groups is 1. The van der Waals surface area contributed by atoms with Crippen LogP contribution >= 0.6 is 0 Å². The van der Waals surface area contributed by atoms with E-state index in [1.54, 1.807) is 11.6 Å². The predicted molar refractivity (Wildman–Crippen MR) is 201 cm³/mol. The van der Waals surface area contributed by atoms with Crippen molar-refractivity contribution in [3.8, 4) is 0 Å². The number of ether oxygens (including phenoxy) is 1. The van der Waals surface area contributed by atoms with E-state index >= 15 is 0 Å². The first-order valence-corrected chi connectivity index (χ1v) is 24.2. The van der Waals surface area contributed by atoms with E-state index in [1.807, 2.05) is 0 Å². The van der Waals surface area contributed by atoms with Gasteiger partial charge in [-0.3, -0.25) is 4.79 Å². The summed E-state index contributed by atoms with van der Waals surface area (Å²) in [4.78, 5) is 12.0. The molecule has 0 bridgehead atoms. The first-order chi connectivity index (χ1) is 20.9. The highest BCUT2D eigenvalue weighted by Gasteiger charge is 2.51. The van der Waals surface area contributed by atoms with Crippen LogP contribution in [0, 0.1) is 22.7 Å². The third-order valence-corrected chi connectivity index (χ3v) is 21.7. The largest absolute Gasteiger partial charge is 0.410 e. The molecule has 3 aliphatic carbocycles. The lowest BCUT2D eigenvalue weighted by Crippen LogP contribution is -2.50. The molecule has 46 heavy (non-hydrogen) atoms. The van der Waals surface area contributed by atoms with Crippen molar-refractivity contribution in [3.05, 3.63) is 34.9 Å². The molecular weight excluding hydrogens is 601 g/mol. The summed E-state index contributed by atoms with van der Waals surface area (Å²) in [6, 6.07) is 0. The zero-order valence-corrected chi connectivity index (χ0v) is 34.7. The molecular formula is C40H72O4Si2. The van der Waals surface area contributed by atoms with Crippen molar-refractivity contribution in [1.29, 1.82) is 0 Å². The van der Waals surface area contributed by atoms with E-state index in [4.69, 9.17) is 13.6 Å². The maximum absolute atomic E-state index is 12.0. The molecule has 0 aliphatic heterocycles. The number of fused-ring (bicyclic) bond motifs is 1. The van der Waals surface area contributed by atoms with Crippen LogP contribution in [0.5, 0.6) is 0 Å². The molecule has 3 rings (SSSR count). The van der Waals surface area contributed by atoms with Gasteiger partial charge in [-0.2, -0.15) is 0 Å². The Balaban J connectivity index is 1.92. The van der Waals surface area contributed by atoms with E-state index in [0.717, 1.165) is 37.7 Å². The zero-order chi connectivity index (χ0) is 34.9. The lowest BCUT2D eigenvalue weighted by atomic mass is 9.62. The minimum absolute atomic E-state index is 0.0809. The number of rotatable bonds is 10. The molecule has 3 fully saturated rings. The van der Waals surface area contributed by atoms with Crippen molar-refractivity contribution in [2.24, 2.45) is 22.7 Å². The summed E-state index contributed by atoms with van der Waals surface area (Å²) in [5.74, 6) is 1.24. The van der Waals surface area contributed by atoms with Gasteiger partial charge in [-0.05, 0) is 129 Å². The normalized spacial score (nSPS) is 31.8. The van der Waals surface area contributed by atoms with Crippen LogP contribution in [0.1, 0.15) is 128 Å². The molecule has 0 aromatic rings. The van der Waals surface area contributed by atoms with Gasteiger partial charge in [0.25, 0.3) is 0 Å². The molecule has 6 heteroatoms. The fourth-order valence-corrected chi connectivity index (χ4v) is 10.2. The molecule has 0 radical (unpaired) electrons. The summed E-state index contributed by atoms with van der Waals surface area (Å²) in [7, 11) is -4.19. The fourth-order valence-electron chi connectivity index (χ4n) is 7.66. The molecule has 3 aliphatic rings. The fraction of sp³-hybridized carbons (Fsp3) is 0.825. The Hall–Kier alpha value is -0.796. The summed E-state index contributed by atoms with van der Waals surface area (Å²) in [5.41, 5.74) is 4.67. The standard InChI is InChI=1S/C40H72O4Si2/c1-29(42-26-24-37(2,3)4)33-20-21-34-31(17-16-23-40(33,34)11)19-18-30-27-35(43-45(12,13)38(5,6)7)32(22-25-41)36(28-30)44-46(14,15)39(8,9)10/h18-19,22,25,29,33-36H,16-17,20-21,23-24,26-28H2,1-15H3/b30-18?,31-19+,32-22?/t29-,33?,34?,35-,36+,40?/m1/s1. The minimum Gasteiger partial charge on any atom is -0.410 e. The maximum atomic E-state index is 12.0. The smallest absolute Gasteiger partial charge is 0.192 e. The van der Waals surface area contributed by atoms with Crippen molar-refractivity contribution >= 4 is 22.9 Å². The summed E-state index contributed by atoms with van der Waals surface area (Å²) >= 11 is 0. The second-order valence-corrected chi connectivity index (χ2v) is 29.0. The monoisotopic (exact) mass is 672 g/mol. The third kappa shape index (κ3) is 9.46. The lowest BCUT2D eigenvalue weighted by molar-refractivity contribution is -0.104. The number of aldehydes is 1. The SMILES string of the molecule is C[C@@H](OCCC(C)(C)C)C1CCC2/C(=C/C=C3C[C@H](O[Si](C)(C)C(C)(C)C)C(=CC=O)[C@H](O[Si](C)(C)C(C)(C)C)C3)CCCC21C. The Kier molecular flexibility index (Phi) is 12.6. The predicted octanol–water partition coefficient (Wildman–Crippen LogP) is 11.6. The molecule has 3 unspecified atom stereocenters. The van der Waals surface area contributed by atoms with E-state index in [-0.39, 0.29) is 22.3 Å². The quantitative estimate of drug-likeness (QED) is 0.132. The van der Waals surface area contributed by atoms with Gasteiger partial charge in [-0.25, -0.2) is 0 Å². The number of hydrogen-bond donors (Lipinski definition) is 0. The van der Waals surface area contributed by atoms with Crippen molar-refractivity contribution in [2.45, 2.75) is 182 Å². The molecule has 3 saturated carbocycles. The van der Waals surface area contributed by atoms with Gasteiger partial charge < -0.3 is 13.6 Å². The van der Waals surface area contributed by atoms with Gasteiger partial charge in [0.05, 0.1) is 18.3 Å². The van der Waals surface area contributed by atoms with Crippen LogP contribution in [0.25, 0.3) is 0 Å². The van der Waals surface area contributed by atoms with E-state index in [9.17, 15) is 4.79 Å². The Bertz CT molecular complexity index is 1100. The highest BCUT2D eigenvalue weighted by atomic mass is 28.4. The zero-order valence-electron chi connectivity index (χ0n) is 32.7. The summed E-state index contributed by atoms with van der Waals surface area (Å²) in [6.07, 6.45) is 16.7. The Morgan fingerprint density at radius 2 is 1.39 bits per heavy atom. The van der Waals surface area contributed by atoms with E-state index in [0.29, 0.717) is 28.8 Å². The molecule has 0 aromatic carbocycles. The molecule has 264 valence electrons. The first kappa shape index (κ1) is 39.6. The molecule has 0 saturated heterocycles. The van der Waals surface area contributed by atoms with Crippen LogP contribution in [0.2, 0.25) is 36.3 Å². The van der Waals surface area contributed by atoms with Crippen LogP contribution in [0.3, 0.4) is 0 Å². The van der Waals surface area contributed by atoms with E-state index in [1.165, 1.54) is 37.7 Å². The van der Waals surface area contributed by atoms with Crippen molar-refractivity contribution in [2.75, 3.05) is 6.61 Å². The van der Waals surface area contributed by atoms with Gasteiger partial charge in [-0.15, -0.1) is 0 Å². The molecule has 0 aromatic heterocycles. The van der Waals surface area contributed by atoms with Crippen LogP contribution in [-0.2, 0) is 18.4 Å². The van der Waals surface area contributed by atoms with Gasteiger partial charge >= 0.3 is 0 Å². The van der Waals surface area contributed by atoms with Crippen LogP contribution in [-0.4, -0.2) is 47.8 Å². The molecule has 0 N–H and O–H groups in total. The highest BCUT2D eigenvalue weighted by molar-refractivity contribution is 6.74. The molecule has 0 spiro atoms. The van der Waals surface area contributed by atoms with Crippen LogP contribution in [0.15, 0.2) is 34.9 Å². The van der Waals surface area contributed by atoms with Gasteiger partial charge in [0.15, 0.2) is 16.6 Å². The van der Waals surface area contributed by atoms with Gasteiger partial charge in [-0.1, -0.05) is 92.5 Å². The second-order valence-electron chi connectivity index (χ2n) is 19.5. The minimum atomic E-state index is -2.09. The van der Waals surface area contributed by atoms with Crippen LogP contribution < -0.4 is 0 Å². The molecule has 0 heterocycles. The lowest BCUT2D eigenvalue weighted by Gasteiger charge is -2.46. The summed E-state index contributed by atoms with van der Waals surface area (Å²) in [5, 5.41) is 0.162. The second kappa shape index (κ2) is 14.6. The van der Waals surface area contributed by atoms with Crippen molar-refractivity contribution in [1.82, 2.24) is 0 Å². The summed E-state index contributed by atoms with van der Waals surface area (Å²) < 4.78 is 20.7. The Morgan fingerprint density at radius 1 is 0.848 bits per heavy atom. The molecule has 0 amide bonds. The summed E-state index contributed by atoms with van der Waals surface area (Å²) in [6.45, 7) is 35.7. The van der Waals surface area contributed by atoms with E-state index < -0.39 is 16.6 Å². The van der Waals surface area contributed by atoms with Crippen molar-refractivity contribution < 1.29 is 18.4 Å². The average molecular weight is 673 g/mol. The third-order valence-electron chi connectivity index (χ3n) is 12.8. The number of hydrogen-bond acceptors (Lipinski definition) is 4. The maximum Gasteiger partial charge on any atom is 0.192 e. The molecule has 6 atom stereocenters. The highest BCUT2D eigenvalue weighted by Crippen LogP contribution is 2.59. The Morgan fingerprint density at radius 3 is 1.87 bits per heavy atom. The van der Waals surface area contributed by atoms with Gasteiger partial charge in [0, 0.05) is 6.61 Å². The average Bonchev–Trinajstić information content (AvgIpc) is 3.24. The van der Waals surface area contributed by atoms with Gasteiger partial charge in [0.1, 0.15) is 6.29 Å². The molecule has 4 nitrogen and oxygen atoms in total. The van der Waals surface area contributed by atoms with Crippen molar-refractivity contribution in [3.63, 3.8) is 0 Å². The van der Waals surface area contributed by atoms with E-state index in [2.05, 4.69) is 115 Å². The van der Waals surface area contributed by atoms with Gasteiger partial charge in [0.2, 0.25) is 0 Å². The number of allylic oxidation sites excluding steroid dienone is 4. The van der Waals surface area contributed by atoms with Crippen LogP contribution in [0.4, 0.5) is 0 Å². The first-order valence-electron chi connectivity index (χ1n) is 18.4.